The third kappa shape index (κ3) is 2.03. The van der Waals surface area contributed by atoms with E-state index in [0.717, 1.165) is 24.9 Å². The third-order valence-electron chi connectivity index (χ3n) is 3.60. The van der Waals surface area contributed by atoms with Crippen LogP contribution in [0.3, 0.4) is 0 Å². The van der Waals surface area contributed by atoms with Crippen molar-refractivity contribution in [3.63, 3.8) is 0 Å². The second-order valence-electron chi connectivity index (χ2n) is 4.73. The summed E-state index contributed by atoms with van der Waals surface area (Å²) in [4.78, 5) is 0. The summed E-state index contributed by atoms with van der Waals surface area (Å²) in [6.45, 7) is 3.34. The summed E-state index contributed by atoms with van der Waals surface area (Å²) >= 11 is 0. The second-order valence-corrected chi connectivity index (χ2v) is 4.73. The van der Waals surface area contributed by atoms with Crippen LogP contribution < -0.4 is 5.32 Å². The highest BCUT2D eigenvalue weighted by Crippen LogP contribution is 2.48. The Morgan fingerprint density at radius 1 is 1.54 bits per heavy atom. The SMILES string of the molecule is CCC1CC1NCC1(CC#N)CC1. The predicted octanol–water partition coefficient (Wildman–Crippen LogP) is 2.07. The molecule has 2 heteroatoms. The van der Waals surface area contributed by atoms with Gasteiger partial charge in [-0.05, 0) is 30.6 Å². The van der Waals surface area contributed by atoms with E-state index >= 15 is 0 Å². The topological polar surface area (TPSA) is 35.8 Å². The Balaban J connectivity index is 1.66. The Morgan fingerprint density at radius 3 is 2.77 bits per heavy atom. The lowest BCUT2D eigenvalue weighted by Crippen LogP contribution is -2.26. The Hall–Kier alpha value is -0.550. The summed E-state index contributed by atoms with van der Waals surface area (Å²) < 4.78 is 0. The van der Waals surface area contributed by atoms with Gasteiger partial charge >= 0.3 is 0 Å². The maximum atomic E-state index is 8.64. The number of rotatable bonds is 5. The molecule has 0 heterocycles. The summed E-state index contributed by atoms with van der Waals surface area (Å²) in [6, 6.07) is 3.08. The van der Waals surface area contributed by atoms with Gasteiger partial charge in [-0.25, -0.2) is 0 Å². The van der Waals surface area contributed by atoms with Gasteiger partial charge in [0.05, 0.1) is 6.07 Å². The van der Waals surface area contributed by atoms with Crippen molar-refractivity contribution in [1.29, 1.82) is 5.26 Å². The normalized spacial score (nSPS) is 33.8. The third-order valence-corrected chi connectivity index (χ3v) is 3.60. The minimum Gasteiger partial charge on any atom is -0.313 e. The lowest BCUT2D eigenvalue weighted by atomic mass is 10.0. The van der Waals surface area contributed by atoms with Crippen LogP contribution in [-0.4, -0.2) is 12.6 Å². The van der Waals surface area contributed by atoms with Gasteiger partial charge in [0.1, 0.15) is 0 Å². The van der Waals surface area contributed by atoms with Crippen LogP contribution in [0.4, 0.5) is 0 Å². The summed E-state index contributed by atoms with van der Waals surface area (Å²) in [5.41, 5.74) is 0.385. The number of hydrogen-bond acceptors (Lipinski definition) is 2. The van der Waals surface area contributed by atoms with Gasteiger partial charge < -0.3 is 5.32 Å². The van der Waals surface area contributed by atoms with E-state index < -0.39 is 0 Å². The summed E-state index contributed by atoms with van der Waals surface area (Å²) in [7, 11) is 0. The molecule has 1 N–H and O–H groups in total. The summed E-state index contributed by atoms with van der Waals surface area (Å²) in [5, 5.41) is 12.2. The van der Waals surface area contributed by atoms with Crippen molar-refractivity contribution in [2.75, 3.05) is 6.54 Å². The van der Waals surface area contributed by atoms with Crippen LogP contribution in [0.2, 0.25) is 0 Å². The molecule has 2 saturated carbocycles. The number of nitriles is 1. The first-order chi connectivity index (χ1) is 6.29. The Labute approximate surface area is 80.3 Å². The molecule has 0 aromatic rings. The van der Waals surface area contributed by atoms with E-state index in [-0.39, 0.29) is 0 Å². The number of hydrogen-bond donors (Lipinski definition) is 1. The largest absolute Gasteiger partial charge is 0.313 e. The van der Waals surface area contributed by atoms with Gasteiger partial charge in [-0.1, -0.05) is 13.3 Å². The molecule has 0 saturated heterocycles. The standard InChI is InChI=1S/C11H18N2/c1-2-9-7-10(9)13-8-11(3-4-11)5-6-12/h9-10,13H,2-5,7-8H2,1H3. The van der Waals surface area contributed by atoms with Crippen LogP contribution in [0.15, 0.2) is 0 Å². The molecule has 2 aliphatic rings. The van der Waals surface area contributed by atoms with Gasteiger partial charge in [0.15, 0.2) is 0 Å². The predicted molar refractivity (Wildman–Crippen MR) is 52.1 cm³/mol. The highest BCUT2D eigenvalue weighted by molar-refractivity contribution is 5.03. The van der Waals surface area contributed by atoms with E-state index in [2.05, 4.69) is 18.3 Å². The molecule has 2 rings (SSSR count). The molecule has 0 aliphatic heterocycles. The zero-order valence-corrected chi connectivity index (χ0v) is 8.34. The van der Waals surface area contributed by atoms with Crippen LogP contribution in [0, 0.1) is 22.7 Å². The van der Waals surface area contributed by atoms with Crippen molar-refractivity contribution >= 4 is 0 Å². The summed E-state index contributed by atoms with van der Waals surface area (Å²) in [5.74, 6) is 0.929. The fourth-order valence-corrected chi connectivity index (χ4v) is 2.06. The fourth-order valence-electron chi connectivity index (χ4n) is 2.06. The van der Waals surface area contributed by atoms with Gasteiger partial charge in [0.2, 0.25) is 0 Å². The smallest absolute Gasteiger partial charge is 0.0628 e. The number of nitrogens with one attached hydrogen (secondary N) is 1. The highest BCUT2D eigenvalue weighted by atomic mass is 15.0. The average Bonchev–Trinajstić information content (AvgIpc) is 2.98. The zero-order chi connectivity index (χ0) is 9.31. The van der Waals surface area contributed by atoms with Gasteiger partial charge in [0.25, 0.3) is 0 Å². The average molecular weight is 178 g/mol. The molecule has 0 amide bonds. The van der Waals surface area contributed by atoms with Crippen LogP contribution in [0.25, 0.3) is 0 Å². The minimum atomic E-state index is 0.385. The van der Waals surface area contributed by atoms with Crippen LogP contribution >= 0.6 is 0 Å². The van der Waals surface area contributed by atoms with Crippen molar-refractivity contribution in [3.05, 3.63) is 0 Å². The minimum absolute atomic E-state index is 0.385. The molecular formula is C11H18N2. The quantitative estimate of drug-likeness (QED) is 0.699. The van der Waals surface area contributed by atoms with Crippen LogP contribution in [0.5, 0.6) is 0 Å². The molecule has 2 fully saturated rings. The van der Waals surface area contributed by atoms with Crippen molar-refractivity contribution < 1.29 is 0 Å². The van der Waals surface area contributed by atoms with Gasteiger partial charge in [-0.15, -0.1) is 0 Å². The fraction of sp³-hybridized carbons (Fsp3) is 0.909. The molecule has 0 aromatic heterocycles. The van der Waals surface area contributed by atoms with E-state index in [0.29, 0.717) is 5.41 Å². The van der Waals surface area contributed by atoms with Crippen molar-refractivity contribution in [3.8, 4) is 6.07 Å². The molecule has 2 nitrogen and oxygen atoms in total. The molecule has 0 aromatic carbocycles. The second kappa shape index (κ2) is 3.31. The number of nitrogens with zero attached hydrogens (tertiary/aromatic N) is 1. The van der Waals surface area contributed by atoms with Gasteiger partial charge in [-0.2, -0.15) is 5.26 Å². The molecule has 2 unspecified atom stereocenters. The van der Waals surface area contributed by atoms with Crippen LogP contribution in [0.1, 0.15) is 39.0 Å². The molecule has 2 atom stereocenters. The van der Waals surface area contributed by atoms with E-state index in [4.69, 9.17) is 5.26 Å². The monoisotopic (exact) mass is 178 g/mol. The first kappa shape index (κ1) is 9.02. The lowest BCUT2D eigenvalue weighted by molar-refractivity contribution is 0.455. The van der Waals surface area contributed by atoms with E-state index in [1.54, 1.807) is 0 Å². The molecule has 13 heavy (non-hydrogen) atoms. The molecule has 0 radical (unpaired) electrons. The molecule has 0 bridgehead atoms. The maximum absolute atomic E-state index is 8.64. The van der Waals surface area contributed by atoms with E-state index in [9.17, 15) is 0 Å². The van der Waals surface area contributed by atoms with Gasteiger partial charge in [0, 0.05) is 19.0 Å². The Morgan fingerprint density at radius 2 is 2.31 bits per heavy atom. The van der Waals surface area contributed by atoms with Crippen LogP contribution in [-0.2, 0) is 0 Å². The van der Waals surface area contributed by atoms with E-state index in [1.807, 2.05) is 0 Å². The Bertz CT molecular complexity index is 225. The molecule has 2 aliphatic carbocycles. The lowest BCUT2D eigenvalue weighted by Gasteiger charge is -2.11. The van der Waals surface area contributed by atoms with Crippen molar-refractivity contribution in [2.24, 2.45) is 11.3 Å². The molecule has 0 spiro atoms. The zero-order valence-electron chi connectivity index (χ0n) is 8.34. The Kier molecular flexibility index (Phi) is 2.29. The highest BCUT2D eigenvalue weighted by Gasteiger charge is 2.44. The molecule has 72 valence electrons. The van der Waals surface area contributed by atoms with Crippen molar-refractivity contribution in [1.82, 2.24) is 5.32 Å². The van der Waals surface area contributed by atoms with E-state index in [1.165, 1.54) is 25.7 Å². The van der Waals surface area contributed by atoms with Crippen molar-refractivity contribution in [2.45, 2.75) is 45.1 Å². The van der Waals surface area contributed by atoms with Gasteiger partial charge in [-0.3, -0.25) is 0 Å². The molecular weight excluding hydrogens is 160 g/mol. The first-order valence-electron chi connectivity index (χ1n) is 5.40. The summed E-state index contributed by atoms with van der Waals surface area (Å²) in [6.07, 6.45) is 5.94. The maximum Gasteiger partial charge on any atom is 0.0628 e. The first-order valence-corrected chi connectivity index (χ1v) is 5.40.